The zero-order valence-electron chi connectivity index (χ0n) is 16.2. The maximum Gasteiger partial charge on any atom is 0.368 e. The van der Waals surface area contributed by atoms with Crippen LogP contribution >= 0.6 is 11.6 Å². The van der Waals surface area contributed by atoms with Gasteiger partial charge in [-0.3, -0.25) is 4.79 Å². The van der Waals surface area contributed by atoms with Crippen LogP contribution in [0.4, 0.5) is 11.4 Å². The van der Waals surface area contributed by atoms with Gasteiger partial charge in [0, 0.05) is 14.1 Å². The first kappa shape index (κ1) is 19.4. The van der Waals surface area contributed by atoms with Crippen molar-refractivity contribution in [3.8, 4) is 11.8 Å². The molecule has 0 N–H and O–H groups in total. The number of ketones is 1. The van der Waals surface area contributed by atoms with Gasteiger partial charge in [-0.05, 0) is 34.7 Å². The maximum absolute atomic E-state index is 12.9. The Balaban J connectivity index is 1.68. The molecule has 0 spiro atoms. The fourth-order valence-electron chi connectivity index (χ4n) is 3.42. The lowest BCUT2D eigenvalue weighted by atomic mass is 10.1. The SMILES string of the molecule is CN1C(=C(C#N)C(=O)Cn2nnn(-c3ccccc3Cl)c2=O)N(C)c2ccccc21. The Kier molecular flexibility index (Phi) is 4.85. The number of hydrogen-bond donors (Lipinski definition) is 0. The van der Waals surface area contributed by atoms with Crippen molar-refractivity contribution < 1.29 is 4.79 Å². The second-order valence-corrected chi connectivity index (χ2v) is 7.03. The van der Waals surface area contributed by atoms with Crippen molar-refractivity contribution in [3.63, 3.8) is 0 Å². The number of hydrogen-bond acceptors (Lipinski definition) is 7. The van der Waals surface area contributed by atoms with E-state index in [9.17, 15) is 14.9 Å². The summed E-state index contributed by atoms with van der Waals surface area (Å²) >= 11 is 6.12. The summed E-state index contributed by atoms with van der Waals surface area (Å²) in [6.07, 6.45) is 0. The standard InChI is InChI=1S/C20H16ClN7O2/c1-25-16-9-5-6-10-17(16)26(2)19(25)13(11-22)18(29)12-27-20(30)28(24-23-27)15-8-4-3-7-14(15)21/h3-10H,12H2,1-2H3. The first-order chi connectivity index (χ1) is 14.4. The second kappa shape index (κ2) is 7.50. The molecule has 10 heteroatoms. The van der Waals surface area contributed by atoms with Crippen molar-refractivity contribution in [2.45, 2.75) is 6.54 Å². The van der Waals surface area contributed by atoms with E-state index in [-0.39, 0.29) is 5.57 Å². The largest absolute Gasteiger partial charge is 0.368 e. The van der Waals surface area contributed by atoms with Crippen LogP contribution in [0.1, 0.15) is 0 Å². The van der Waals surface area contributed by atoms with E-state index in [0.717, 1.165) is 20.7 Å². The number of rotatable bonds is 4. The minimum Gasteiger partial charge on any atom is -0.328 e. The van der Waals surface area contributed by atoms with Crippen molar-refractivity contribution in [1.82, 2.24) is 19.8 Å². The number of Topliss-reactive ketones (excluding diaryl/α,β-unsaturated/α-hetero) is 1. The number of para-hydroxylation sites is 3. The average Bonchev–Trinajstić information content (AvgIpc) is 3.22. The Hall–Kier alpha value is -3.90. The number of nitriles is 1. The predicted molar refractivity (Wildman–Crippen MR) is 112 cm³/mol. The van der Waals surface area contributed by atoms with Crippen LogP contribution in [-0.2, 0) is 11.3 Å². The third-order valence-corrected chi connectivity index (χ3v) is 5.19. The quantitative estimate of drug-likeness (QED) is 0.469. The molecular weight excluding hydrogens is 406 g/mol. The van der Waals surface area contributed by atoms with Crippen LogP contribution in [0.25, 0.3) is 5.69 Å². The van der Waals surface area contributed by atoms with E-state index in [1.54, 1.807) is 48.2 Å². The normalized spacial score (nSPS) is 12.7. The summed E-state index contributed by atoms with van der Waals surface area (Å²) in [6, 6.07) is 16.2. The van der Waals surface area contributed by atoms with Crippen LogP contribution in [-0.4, -0.2) is 39.7 Å². The van der Waals surface area contributed by atoms with E-state index in [0.29, 0.717) is 16.5 Å². The van der Waals surface area contributed by atoms with E-state index >= 15 is 0 Å². The highest BCUT2D eigenvalue weighted by molar-refractivity contribution is 6.32. The van der Waals surface area contributed by atoms with Gasteiger partial charge in [0.1, 0.15) is 24.0 Å². The number of carbonyl (C=O) groups excluding carboxylic acids is 1. The molecule has 2 aromatic carbocycles. The monoisotopic (exact) mass is 421 g/mol. The van der Waals surface area contributed by atoms with Gasteiger partial charge in [-0.1, -0.05) is 35.9 Å². The van der Waals surface area contributed by atoms with Crippen LogP contribution in [0, 0.1) is 11.3 Å². The summed E-state index contributed by atoms with van der Waals surface area (Å²) in [5.74, 6) is -0.109. The predicted octanol–water partition coefficient (Wildman–Crippen LogP) is 1.97. The number of tetrazole rings is 1. The molecule has 0 fully saturated rings. The Morgan fingerprint density at radius 1 is 1.00 bits per heavy atom. The smallest absolute Gasteiger partial charge is 0.328 e. The lowest BCUT2D eigenvalue weighted by molar-refractivity contribution is -0.116. The van der Waals surface area contributed by atoms with Gasteiger partial charge < -0.3 is 9.80 Å². The number of halogens is 1. The first-order valence-corrected chi connectivity index (χ1v) is 9.33. The molecule has 30 heavy (non-hydrogen) atoms. The van der Waals surface area contributed by atoms with Gasteiger partial charge in [0.25, 0.3) is 0 Å². The number of nitrogens with zero attached hydrogens (tertiary/aromatic N) is 7. The zero-order valence-corrected chi connectivity index (χ0v) is 16.9. The summed E-state index contributed by atoms with van der Waals surface area (Å²) in [7, 11) is 3.56. The number of benzene rings is 2. The van der Waals surface area contributed by atoms with Crippen LogP contribution in [0.3, 0.4) is 0 Å². The molecule has 0 saturated heterocycles. The van der Waals surface area contributed by atoms with Crippen molar-refractivity contribution in [2.75, 3.05) is 23.9 Å². The lowest BCUT2D eigenvalue weighted by Gasteiger charge is -2.19. The summed E-state index contributed by atoms with van der Waals surface area (Å²) in [4.78, 5) is 29.2. The van der Waals surface area contributed by atoms with E-state index in [1.165, 1.54) is 0 Å². The fraction of sp³-hybridized carbons (Fsp3) is 0.150. The van der Waals surface area contributed by atoms with E-state index < -0.39 is 18.0 Å². The van der Waals surface area contributed by atoms with Crippen molar-refractivity contribution in [3.05, 3.63) is 75.4 Å². The van der Waals surface area contributed by atoms with Crippen LogP contribution < -0.4 is 15.5 Å². The lowest BCUT2D eigenvalue weighted by Crippen LogP contribution is -2.31. The number of carbonyl (C=O) groups is 1. The Labute approximate surface area is 176 Å². The summed E-state index contributed by atoms with van der Waals surface area (Å²) in [5.41, 5.74) is 1.40. The molecule has 4 rings (SSSR count). The van der Waals surface area contributed by atoms with Gasteiger partial charge in [0.15, 0.2) is 5.78 Å². The van der Waals surface area contributed by atoms with Crippen LogP contribution in [0.5, 0.6) is 0 Å². The number of aromatic nitrogens is 4. The third kappa shape index (κ3) is 3.03. The average molecular weight is 422 g/mol. The molecule has 1 aromatic heterocycles. The highest BCUT2D eigenvalue weighted by Crippen LogP contribution is 2.40. The number of anilines is 2. The molecule has 150 valence electrons. The van der Waals surface area contributed by atoms with Crippen LogP contribution in [0.15, 0.2) is 64.7 Å². The fourth-order valence-corrected chi connectivity index (χ4v) is 3.64. The minimum atomic E-state index is -0.629. The molecule has 0 saturated carbocycles. The van der Waals surface area contributed by atoms with E-state index in [2.05, 4.69) is 10.4 Å². The molecule has 9 nitrogen and oxygen atoms in total. The summed E-state index contributed by atoms with van der Waals surface area (Å²) in [5, 5.41) is 17.6. The first-order valence-electron chi connectivity index (χ1n) is 8.95. The third-order valence-electron chi connectivity index (χ3n) is 4.87. The van der Waals surface area contributed by atoms with Crippen molar-refractivity contribution >= 4 is 28.8 Å². The van der Waals surface area contributed by atoms with Gasteiger partial charge in [0.05, 0.1) is 22.1 Å². The van der Waals surface area contributed by atoms with E-state index in [4.69, 9.17) is 11.6 Å². The molecule has 0 atom stereocenters. The highest BCUT2D eigenvalue weighted by atomic mass is 35.5. The minimum absolute atomic E-state index is 0.0737. The zero-order chi connectivity index (χ0) is 21.4. The molecule has 2 heterocycles. The molecule has 3 aromatic rings. The molecule has 1 aliphatic rings. The van der Waals surface area contributed by atoms with Crippen LogP contribution in [0.2, 0.25) is 5.02 Å². The Morgan fingerprint density at radius 3 is 2.13 bits per heavy atom. The van der Waals surface area contributed by atoms with Crippen molar-refractivity contribution in [2.24, 2.45) is 0 Å². The number of allylic oxidation sites excluding steroid dienone is 1. The topological polar surface area (TPSA) is 100 Å². The summed E-state index contributed by atoms with van der Waals surface area (Å²) in [6.45, 7) is -0.423. The van der Waals surface area contributed by atoms with Gasteiger partial charge >= 0.3 is 5.69 Å². The molecule has 0 radical (unpaired) electrons. The Morgan fingerprint density at radius 2 is 1.57 bits per heavy atom. The van der Waals surface area contributed by atoms with Crippen molar-refractivity contribution in [1.29, 1.82) is 5.26 Å². The van der Waals surface area contributed by atoms with Gasteiger partial charge in [-0.15, -0.1) is 0 Å². The van der Waals surface area contributed by atoms with E-state index in [1.807, 2.05) is 30.3 Å². The molecule has 0 aliphatic carbocycles. The highest BCUT2D eigenvalue weighted by Gasteiger charge is 2.31. The van der Waals surface area contributed by atoms with Gasteiger partial charge in [-0.25, -0.2) is 4.79 Å². The number of fused-ring (bicyclic) bond motifs is 1. The molecule has 0 bridgehead atoms. The van der Waals surface area contributed by atoms with Gasteiger partial charge in [-0.2, -0.15) is 14.6 Å². The molecule has 1 aliphatic heterocycles. The van der Waals surface area contributed by atoms with Gasteiger partial charge in [0.2, 0.25) is 0 Å². The molecular formula is C20H16ClN7O2. The Bertz CT molecular complexity index is 1250. The second-order valence-electron chi connectivity index (χ2n) is 6.62. The summed E-state index contributed by atoms with van der Waals surface area (Å²) < 4.78 is 1.92. The maximum atomic E-state index is 12.9. The molecule has 0 amide bonds. The molecule has 0 unspecified atom stereocenters.